The lowest BCUT2D eigenvalue weighted by molar-refractivity contribution is -0.138. The summed E-state index contributed by atoms with van der Waals surface area (Å²) in [6.45, 7) is 4.08. The van der Waals surface area contributed by atoms with Gasteiger partial charge in [0.05, 0.1) is 29.4 Å². The number of carbonyl (C=O) groups excluding carboxylic acids is 1. The van der Waals surface area contributed by atoms with Crippen LogP contribution in [0, 0.1) is 5.92 Å². The Bertz CT molecular complexity index is 698. The van der Waals surface area contributed by atoms with E-state index < -0.39 is 11.9 Å². The number of carboxylic acid groups (broad SMARTS) is 1. The van der Waals surface area contributed by atoms with Crippen molar-refractivity contribution in [2.75, 3.05) is 7.05 Å². The van der Waals surface area contributed by atoms with E-state index in [1.165, 1.54) is 5.01 Å². The SMILES string of the molecule is CCCCC(NCc1ccccn1)=C1C(=O)N(C)N=C1C(C)C(=O)O. The van der Waals surface area contributed by atoms with Gasteiger partial charge in [-0.05, 0) is 31.9 Å². The minimum Gasteiger partial charge on any atom is -0.481 e. The number of hydrogen-bond donors (Lipinski definition) is 2. The number of hydrogen-bond acceptors (Lipinski definition) is 5. The summed E-state index contributed by atoms with van der Waals surface area (Å²) in [5.41, 5.74) is 2.26. The number of aliphatic carboxylic acids is 1. The van der Waals surface area contributed by atoms with Crippen LogP contribution in [0.15, 0.2) is 40.8 Å². The fraction of sp³-hybridized carbons (Fsp3) is 0.444. The van der Waals surface area contributed by atoms with E-state index in [-0.39, 0.29) is 5.91 Å². The van der Waals surface area contributed by atoms with Crippen molar-refractivity contribution in [3.05, 3.63) is 41.4 Å². The summed E-state index contributed by atoms with van der Waals surface area (Å²) in [6.07, 6.45) is 4.22. The Kier molecular flexibility index (Phi) is 6.27. The second-order valence-electron chi connectivity index (χ2n) is 6.01. The van der Waals surface area contributed by atoms with E-state index in [0.717, 1.165) is 24.2 Å². The minimum absolute atomic E-state index is 0.275. The Labute approximate surface area is 147 Å². The van der Waals surface area contributed by atoms with Gasteiger partial charge in [-0.2, -0.15) is 5.10 Å². The smallest absolute Gasteiger partial charge is 0.312 e. The first-order valence-electron chi connectivity index (χ1n) is 8.42. The molecule has 1 atom stereocenters. The summed E-state index contributed by atoms with van der Waals surface area (Å²) in [7, 11) is 1.54. The predicted molar refractivity (Wildman–Crippen MR) is 94.6 cm³/mol. The van der Waals surface area contributed by atoms with Crippen LogP contribution in [-0.4, -0.2) is 39.7 Å². The highest BCUT2D eigenvalue weighted by molar-refractivity contribution is 6.29. The van der Waals surface area contributed by atoms with Gasteiger partial charge in [-0.1, -0.05) is 19.4 Å². The van der Waals surface area contributed by atoms with Crippen LogP contribution in [0.1, 0.15) is 38.8 Å². The molecule has 2 rings (SSSR count). The van der Waals surface area contributed by atoms with E-state index >= 15 is 0 Å². The number of hydrazone groups is 1. The number of aromatic nitrogens is 1. The van der Waals surface area contributed by atoms with Crippen molar-refractivity contribution in [2.24, 2.45) is 11.0 Å². The topological polar surface area (TPSA) is 94.9 Å². The standard InChI is InChI=1S/C18H24N4O3/c1-4-5-9-14(20-11-13-8-6-7-10-19-13)15-16(12(2)18(24)25)21-22(3)17(15)23/h6-8,10,12,20H,4-5,9,11H2,1-3H3,(H,24,25). The molecule has 7 nitrogen and oxygen atoms in total. The number of rotatable bonds is 8. The van der Waals surface area contributed by atoms with E-state index in [0.29, 0.717) is 24.3 Å². The van der Waals surface area contributed by atoms with Gasteiger partial charge < -0.3 is 10.4 Å². The number of likely N-dealkylation sites (N-methyl/N-ethyl adjacent to an activating group) is 1. The molecule has 1 aliphatic rings. The average Bonchev–Trinajstić information content (AvgIpc) is 2.90. The summed E-state index contributed by atoms with van der Waals surface area (Å²) in [5.74, 6) is -2.13. The van der Waals surface area contributed by atoms with Gasteiger partial charge in [0.2, 0.25) is 0 Å². The Morgan fingerprint density at radius 3 is 2.76 bits per heavy atom. The quantitative estimate of drug-likeness (QED) is 0.705. The second-order valence-corrected chi connectivity index (χ2v) is 6.01. The van der Waals surface area contributed by atoms with Crippen molar-refractivity contribution >= 4 is 17.6 Å². The number of allylic oxidation sites excluding steroid dienone is 1. The number of nitrogens with one attached hydrogen (secondary N) is 1. The molecular formula is C18H24N4O3. The third-order valence-electron chi connectivity index (χ3n) is 4.09. The van der Waals surface area contributed by atoms with Crippen molar-refractivity contribution in [2.45, 2.75) is 39.7 Å². The maximum Gasteiger partial charge on any atom is 0.312 e. The minimum atomic E-state index is -1.00. The maximum absolute atomic E-state index is 12.6. The fourth-order valence-corrected chi connectivity index (χ4v) is 2.59. The Balaban J connectivity index is 2.35. The monoisotopic (exact) mass is 344 g/mol. The molecule has 2 heterocycles. The molecule has 1 aromatic heterocycles. The van der Waals surface area contributed by atoms with Crippen LogP contribution in [-0.2, 0) is 16.1 Å². The van der Waals surface area contributed by atoms with Gasteiger partial charge in [-0.3, -0.25) is 14.6 Å². The maximum atomic E-state index is 12.6. The molecular weight excluding hydrogens is 320 g/mol. The summed E-state index contributed by atoms with van der Waals surface area (Å²) in [4.78, 5) is 28.2. The molecule has 134 valence electrons. The van der Waals surface area contributed by atoms with E-state index in [9.17, 15) is 14.7 Å². The molecule has 2 N–H and O–H groups in total. The number of amides is 1. The Morgan fingerprint density at radius 2 is 2.16 bits per heavy atom. The first-order chi connectivity index (χ1) is 12.0. The molecule has 0 aliphatic carbocycles. The molecule has 0 saturated carbocycles. The predicted octanol–water partition coefficient (Wildman–Crippen LogP) is 2.16. The van der Waals surface area contributed by atoms with E-state index in [1.807, 2.05) is 18.2 Å². The van der Waals surface area contributed by atoms with Crippen molar-refractivity contribution in [1.29, 1.82) is 0 Å². The first-order valence-corrected chi connectivity index (χ1v) is 8.42. The van der Waals surface area contributed by atoms with Crippen LogP contribution in [0.5, 0.6) is 0 Å². The third-order valence-corrected chi connectivity index (χ3v) is 4.09. The van der Waals surface area contributed by atoms with Crippen LogP contribution in [0.2, 0.25) is 0 Å². The lowest BCUT2D eigenvalue weighted by Gasteiger charge is -2.16. The van der Waals surface area contributed by atoms with Crippen molar-refractivity contribution in [1.82, 2.24) is 15.3 Å². The zero-order valence-electron chi connectivity index (χ0n) is 14.8. The summed E-state index contributed by atoms with van der Waals surface area (Å²) >= 11 is 0. The fourth-order valence-electron chi connectivity index (χ4n) is 2.59. The number of unbranched alkanes of at least 4 members (excludes halogenated alkanes) is 1. The summed E-state index contributed by atoms with van der Waals surface area (Å²) in [5, 5.41) is 18.0. The van der Waals surface area contributed by atoms with Gasteiger partial charge in [0.25, 0.3) is 5.91 Å². The highest BCUT2D eigenvalue weighted by Gasteiger charge is 2.36. The highest BCUT2D eigenvalue weighted by atomic mass is 16.4. The highest BCUT2D eigenvalue weighted by Crippen LogP contribution is 2.24. The first kappa shape index (κ1) is 18.6. The van der Waals surface area contributed by atoms with Crippen molar-refractivity contribution < 1.29 is 14.7 Å². The molecule has 25 heavy (non-hydrogen) atoms. The largest absolute Gasteiger partial charge is 0.481 e. The molecule has 1 amide bonds. The van der Waals surface area contributed by atoms with E-state index in [4.69, 9.17) is 0 Å². The number of pyridine rings is 1. The van der Waals surface area contributed by atoms with Crippen LogP contribution in [0.3, 0.4) is 0 Å². The van der Waals surface area contributed by atoms with Gasteiger partial charge in [0, 0.05) is 18.9 Å². The molecule has 0 bridgehead atoms. The lowest BCUT2D eigenvalue weighted by atomic mass is 9.95. The van der Waals surface area contributed by atoms with Gasteiger partial charge in [0.1, 0.15) is 0 Å². The molecule has 1 aliphatic heterocycles. The summed E-state index contributed by atoms with van der Waals surface area (Å²) in [6, 6.07) is 5.64. The zero-order chi connectivity index (χ0) is 18.4. The van der Waals surface area contributed by atoms with Crippen LogP contribution in [0.4, 0.5) is 0 Å². The lowest BCUT2D eigenvalue weighted by Crippen LogP contribution is -2.28. The molecule has 0 fully saturated rings. The van der Waals surface area contributed by atoms with Crippen LogP contribution >= 0.6 is 0 Å². The third kappa shape index (κ3) is 4.43. The second kappa shape index (κ2) is 8.41. The van der Waals surface area contributed by atoms with E-state index in [2.05, 4.69) is 22.3 Å². The van der Waals surface area contributed by atoms with Crippen molar-refractivity contribution in [3.63, 3.8) is 0 Å². The normalized spacial score (nSPS) is 17.3. The van der Waals surface area contributed by atoms with Gasteiger partial charge in [0.15, 0.2) is 0 Å². The molecule has 0 saturated heterocycles. The molecule has 0 aromatic carbocycles. The molecule has 1 unspecified atom stereocenters. The van der Waals surface area contributed by atoms with Gasteiger partial charge in [-0.15, -0.1) is 0 Å². The Hall–Kier alpha value is -2.70. The van der Waals surface area contributed by atoms with E-state index in [1.54, 1.807) is 20.2 Å². The average molecular weight is 344 g/mol. The van der Waals surface area contributed by atoms with Crippen LogP contribution < -0.4 is 5.32 Å². The zero-order valence-corrected chi connectivity index (χ0v) is 14.8. The molecule has 1 aromatic rings. The van der Waals surface area contributed by atoms with Gasteiger partial charge >= 0.3 is 5.97 Å². The van der Waals surface area contributed by atoms with Crippen molar-refractivity contribution in [3.8, 4) is 0 Å². The number of carboxylic acids is 1. The molecule has 0 radical (unpaired) electrons. The van der Waals surface area contributed by atoms with Gasteiger partial charge in [-0.25, -0.2) is 5.01 Å². The Morgan fingerprint density at radius 1 is 1.40 bits per heavy atom. The summed E-state index contributed by atoms with van der Waals surface area (Å²) < 4.78 is 0. The van der Waals surface area contributed by atoms with Crippen LogP contribution in [0.25, 0.3) is 0 Å². The molecule has 7 heteroatoms. The molecule has 0 spiro atoms. The number of carbonyl (C=O) groups is 2. The number of nitrogens with zero attached hydrogens (tertiary/aromatic N) is 3.